The van der Waals surface area contributed by atoms with Gasteiger partial charge in [0.1, 0.15) is 0 Å². The molecule has 3 nitrogen and oxygen atoms in total. The molecule has 0 fully saturated rings. The number of aliphatic imine (C=N–C) groups is 2. The number of amidine groups is 1. The Bertz CT molecular complexity index is 948. The minimum Gasteiger partial charge on any atom is -0.339 e. The lowest BCUT2D eigenvalue weighted by molar-refractivity contribution is 0.774. The van der Waals surface area contributed by atoms with E-state index in [1.54, 1.807) is 6.20 Å². The van der Waals surface area contributed by atoms with Crippen LogP contribution in [0.15, 0.2) is 65.2 Å². The molecule has 0 amide bonds. The highest BCUT2D eigenvalue weighted by atomic mass is 15.0. The fraction of sp³-hybridized carbons (Fsp3) is 0.308. The van der Waals surface area contributed by atoms with Gasteiger partial charge in [-0.3, -0.25) is 4.99 Å². The van der Waals surface area contributed by atoms with Crippen LogP contribution in [0, 0.1) is 20.8 Å². The van der Waals surface area contributed by atoms with Gasteiger partial charge in [-0.15, -0.1) is 0 Å². The van der Waals surface area contributed by atoms with Crippen LogP contribution in [0.3, 0.4) is 0 Å². The van der Waals surface area contributed by atoms with Crippen molar-refractivity contribution >= 4 is 23.3 Å². The molecule has 3 heteroatoms. The van der Waals surface area contributed by atoms with Crippen LogP contribution in [0.2, 0.25) is 0 Å². The number of allylic oxidation sites excluding steroid dienone is 1. The van der Waals surface area contributed by atoms with Crippen LogP contribution in [-0.2, 0) is 0 Å². The van der Waals surface area contributed by atoms with Crippen LogP contribution in [0.5, 0.6) is 0 Å². The van der Waals surface area contributed by atoms with Gasteiger partial charge in [-0.1, -0.05) is 49.9 Å². The third kappa shape index (κ3) is 6.28. The molecular formula is C26H33N3. The fourth-order valence-electron chi connectivity index (χ4n) is 3.01. The second-order valence-electron chi connectivity index (χ2n) is 7.53. The molecule has 0 bridgehead atoms. The van der Waals surface area contributed by atoms with Gasteiger partial charge in [-0.2, -0.15) is 0 Å². The molecule has 1 unspecified atom stereocenters. The van der Waals surface area contributed by atoms with Crippen molar-refractivity contribution in [3.63, 3.8) is 0 Å². The van der Waals surface area contributed by atoms with Gasteiger partial charge in [0, 0.05) is 24.4 Å². The Kier molecular flexibility index (Phi) is 8.14. The van der Waals surface area contributed by atoms with E-state index in [-0.39, 0.29) is 0 Å². The van der Waals surface area contributed by atoms with E-state index >= 15 is 0 Å². The number of nitrogens with zero attached hydrogens (tertiary/aromatic N) is 2. The third-order valence-corrected chi connectivity index (χ3v) is 5.15. The summed E-state index contributed by atoms with van der Waals surface area (Å²) in [6, 6.07) is 12.9. The Morgan fingerprint density at radius 3 is 2.45 bits per heavy atom. The van der Waals surface area contributed by atoms with Crippen LogP contribution in [-0.4, -0.2) is 18.1 Å². The Hall–Kier alpha value is -2.94. The molecule has 1 N–H and O–H groups in total. The second-order valence-corrected chi connectivity index (χ2v) is 7.53. The smallest absolute Gasteiger partial charge is 0.151 e. The van der Waals surface area contributed by atoms with Crippen molar-refractivity contribution < 1.29 is 0 Å². The van der Waals surface area contributed by atoms with Crippen LogP contribution in [0.1, 0.15) is 54.5 Å². The molecule has 152 valence electrons. The molecule has 0 spiro atoms. The fourth-order valence-corrected chi connectivity index (χ4v) is 3.01. The van der Waals surface area contributed by atoms with E-state index in [9.17, 15) is 0 Å². The molecule has 0 saturated heterocycles. The number of rotatable bonds is 7. The number of hydrogen-bond acceptors (Lipinski definition) is 2. The number of aryl methyl sites for hydroxylation is 3. The van der Waals surface area contributed by atoms with Gasteiger partial charge in [0.05, 0.1) is 5.71 Å². The van der Waals surface area contributed by atoms with Gasteiger partial charge in [0.15, 0.2) is 5.84 Å². The molecule has 2 aromatic rings. The van der Waals surface area contributed by atoms with Gasteiger partial charge in [-0.05, 0) is 74.6 Å². The Morgan fingerprint density at radius 1 is 1.07 bits per heavy atom. The first-order valence-corrected chi connectivity index (χ1v) is 10.1. The van der Waals surface area contributed by atoms with Crippen molar-refractivity contribution in [1.82, 2.24) is 0 Å². The highest BCUT2D eigenvalue weighted by Crippen LogP contribution is 2.20. The summed E-state index contributed by atoms with van der Waals surface area (Å²) in [5.74, 6) is 1.11. The zero-order valence-corrected chi connectivity index (χ0v) is 18.6. The van der Waals surface area contributed by atoms with Crippen molar-refractivity contribution in [3.8, 4) is 0 Å². The second kappa shape index (κ2) is 10.6. The lowest BCUT2D eigenvalue weighted by Crippen LogP contribution is -2.21. The van der Waals surface area contributed by atoms with Gasteiger partial charge in [0.25, 0.3) is 0 Å². The van der Waals surface area contributed by atoms with E-state index < -0.39 is 0 Å². The zero-order valence-electron chi connectivity index (χ0n) is 18.6. The number of hydrogen-bond donors (Lipinski definition) is 1. The molecular weight excluding hydrogens is 354 g/mol. The summed E-state index contributed by atoms with van der Waals surface area (Å²) in [6.45, 7) is 17.1. The van der Waals surface area contributed by atoms with Crippen LogP contribution in [0.4, 0.5) is 5.69 Å². The summed E-state index contributed by atoms with van der Waals surface area (Å²) in [4.78, 5) is 9.39. The topological polar surface area (TPSA) is 36.8 Å². The van der Waals surface area contributed by atoms with E-state index in [0.29, 0.717) is 5.92 Å². The predicted octanol–water partition coefficient (Wildman–Crippen LogP) is 6.86. The maximum absolute atomic E-state index is 4.83. The van der Waals surface area contributed by atoms with E-state index in [4.69, 9.17) is 4.99 Å². The van der Waals surface area contributed by atoms with Crippen LogP contribution < -0.4 is 5.32 Å². The molecule has 0 saturated carbocycles. The molecule has 29 heavy (non-hydrogen) atoms. The normalized spacial score (nSPS) is 13.6. The number of benzene rings is 2. The summed E-state index contributed by atoms with van der Waals surface area (Å²) in [5.41, 5.74) is 8.16. The van der Waals surface area contributed by atoms with Crippen LogP contribution >= 0.6 is 0 Å². The summed E-state index contributed by atoms with van der Waals surface area (Å²) in [7, 11) is 0. The average Bonchev–Trinajstić information content (AvgIpc) is 2.71. The van der Waals surface area contributed by atoms with E-state index in [1.165, 1.54) is 22.3 Å². The van der Waals surface area contributed by atoms with Crippen molar-refractivity contribution in [2.45, 2.75) is 47.5 Å². The van der Waals surface area contributed by atoms with Crippen LogP contribution in [0.25, 0.3) is 6.08 Å². The first kappa shape index (κ1) is 22.4. The SMILES string of the molecule is C=Cc1ccc(NC(=N/C=C\C)/C(C)=N/CC(C)c2ccc(C)c(C)c2)cc1C. The highest BCUT2D eigenvalue weighted by molar-refractivity contribution is 6.44. The standard InChI is InChI=1S/C26H33N3/c1-8-14-27-26(29-25-13-12-23(9-2)20(5)16-25)22(7)28-17-21(6)24-11-10-18(3)19(4)15-24/h8-16,21H,2,17H2,1,3-7H3,(H,27,29)/b14-8-,28-22+. The molecule has 0 radical (unpaired) electrons. The Morgan fingerprint density at radius 2 is 1.83 bits per heavy atom. The molecule has 0 aliphatic heterocycles. The van der Waals surface area contributed by atoms with Crippen molar-refractivity contribution in [2.24, 2.45) is 9.98 Å². The molecule has 0 aromatic heterocycles. The Labute approximate surface area is 176 Å². The zero-order chi connectivity index (χ0) is 21.4. The first-order valence-electron chi connectivity index (χ1n) is 10.1. The number of nitrogens with one attached hydrogen (secondary N) is 1. The summed E-state index contributed by atoms with van der Waals surface area (Å²) in [6.07, 6.45) is 5.58. The van der Waals surface area contributed by atoms with Gasteiger partial charge >= 0.3 is 0 Å². The number of anilines is 1. The minimum atomic E-state index is 0.348. The summed E-state index contributed by atoms with van der Waals surface area (Å²) >= 11 is 0. The monoisotopic (exact) mass is 387 g/mol. The lowest BCUT2D eigenvalue weighted by atomic mass is 9.97. The molecule has 2 aromatic carbocycles. The molecule has 0 aliphatic carbocycles. The van der Waals surface area contributed by atoms with Gasteiger partial charge in [-0.25, -0.2) is 4.99 Å². The van der Waals surface area contributed by atoms with Crippen molar-refractivity contribution in [3.05, 3.63) is 83.1 Å². The Balaban J connectivity index is 2.19. The largest absolute Gasteiger partial charge is 0.339 e. The highest BCUT2D eigenvalue weighted by Gasteiger charge is 2.09. The van der Waals surface area contributed by atoms with E-state index in [1.807, 2.05) is 32.1 Å². The molecule has 0 aliphatic rings. The molecule has 2 rings (SSSR count). The molecule has 0 heterocycles. The van der Waals surface area contributed by atoms with Crippen molar-refractivity contribution in [2.75, 3.05) is 11.9 Å². The quantitative estimate of drug-likeness (QED) is 0.409. The maximum atomic E-state index is 4.83. The van der Waals surface area contributed by atoms with Crippen molar-refractivity contribution in [1.29, 1.82) is 0 Å². The minimum absolute atomic E-state index is 0.348. The molecule has 1 atom stereocenters. The van der Waals surface area contributed by atoms with Gasteiger partial charge in [0.2, 0.25) is 0 Å². The van der Waals surface area contributed by atoms with Gasteiger partial charge < -0.3 is 5.32 Å². The summed E-state index contributed by atoms with van der Waals surface area (Å²) < 4.78 is 0. The maximum Gasteiger partial charge on any atom is 0.151 e. The average molecular weight is 388 g/mol. The third-order valence-electron chi connectivity index (χ3n) is 5.15. The lowest BCUT2D eigenvalue weighted by Gasteiger charge is -2.14. The summed E-state index contributed by atoms with van der Waals surface area (Å²) in [5, 5.41) is 3.42. The first-order chi connectivity index (χ1) is 13.8. The van der Waals surface area contributed by atoms with E-state index in [2.05, 4.69) is 74.9 Å². The van der Waals surface area contributed by atoms with E-state index in [0.717, 1.165) is 29.3 Å². The predicted molar refractivity (Wildman–Crippen MR) is 129 cm³/mol.